The second kappa shape index (κ2) is 8.72. The molecule has 0 fully saturated rings. The first-order valence-corrected chi connectivity index (χ1v) is 11.3. The van der Waals surface area contributed by atoms with Crippen molar-refractivity contribution in [1.29, 1.82) is 0 Å². The standard InChI is InChI=1S/C20H17F2IN2O4S/c1-11-2-8-17(19(18(11)22)24-16-9-5-13(23)10-15(16)21)25-30(28,29)14-6-3-12(4-7-14)20(26)27/h2-3,5-10,12,24-25H,4H2,1H3,(H,26,27). The fraction of sp³-hybridized carbons (Fsp3) is 0.150. The zero-order valence-electron chi connectivity index (χ0n) is 15.6. The number of carboxylic acids is 1. The molecule has 10 heteroatoms. The zero-order chi connectivity index (χ0) is 22.1. The number of allylic oxidation sites excluding steroid dienone is 2. The summed E-state index contributed by atoms with van der Waals surface area (Å²) in [7, 11) is -4.12. The molecule has 0 spiro atoms. The Morgan fingerprint density at radius 1 is 1.20 bits per heavy atom. The van der Waals surface area contributed by atoms with Gasteiger partial charge in [-0.25, -0.2) is 17.2 Å². The van der Waals surface area contributed by atoms with Gasteiger partial charge in [0.1, 0.15) is 5.82 Å². The molecule has 0 saturated heterocycles. The van der Waals surface area contributed by atoms with Gasteiger partial charge in [-0.05, 0) is 71.8 Å². The largest absolute Gasteiger partial charge is 0.481 e. The number of halogens is 3. The van der Waals surface area contributed by atoms with E-state index in [0.29, 0.717) is 3.57 Å². The second-order valence-electron chi connectivity index (χ2n) is 6.62. The number of hydrogen-bond donors (Lipinski definition) is 3. The van der Waals surface area contributed by atoms with E-state index < -0.39 is 33.5 Å². The number of aryl methyl sites for hydroxylation is 1. The maximum atomic E-state index is 14.8. The highest BCUT2D eigenvalue weighted by Gasteiger charge is 2.24. The molecule has 158 valence electrons. The summed E-state index contributed by atoms with van der Waals surface area (Å²) in [4.78, 5) is 10.9. The van der Waals surface area contributed by atoms with Crippen molar-refractivity contribution in [2.75, 3.05) is 10.0 Å². The molecule has 1 aliphatic rings. The highest BCUT2D eigenvalue weighted by molar-refractivity contribution is 14.1. The third kappa shape index (κ3) is 4.81. The Bertz CT molecular complexity index is 1180. The second-order valence-corrected chi connectivity index (χ2v) is 9.55. The van der Waals surface area contributed by atoms with Crippen molar-refractivity contribution >= 4 is 55.6 Å². The Kier molecular flexibility index (Phi) is 6.46. The lowest BCUT2D eigenvalue weighted by Gasteiger charge is -2.18. The van der Waals surface area contributed by atoms with Gasteiger partial charge in [0.25, 0.3) is 10.0 Å². The molecule has 0 saturated carbocycles. The van der Waals surface area contributed by atoms with E-state index in [-0.39, 0.29) is 34.0 Å². The predicted molar refractivity (Wildman–Crippen MR) is 119 cm³/mol. The summed E-state index contributed by atoms with van der Waals surface area (Å²) in [5.74, 6) is -3.21. The molecule has 30 heavy (non-hydrogen) atoms. The van der Waals surface area contributed by atoms with Gasteiger partial charge < -0.3 is 10.4 Å². The number of anilines is 3. The summed E-state index contributed by atoms with van der Waals surface area (Å²) >= 11 is 1.94. The van der Waals surface area contributed by atoms with Crippen LogP contribution in [0.25, 0.3) is 0 Å². The summed E-state index contributed by atoms with van der Waals surface area (Å²) in [6.45, 7) is 1.50. The van der Waals surface area contributed by atoms with Crippen LogP contribution in [0, 0.1) is 28.0 Å². The van der Waals surface area contributed by atoms with Crippen LogP contribution in [0.4, 0.5) is 25.8 Å². The van der Waals surface area contributed by atoms with Crippen LogP contribution in [0.5, 0.6) is 0 Å². The van der Waals surface area contributed by atoms with Gasteiger partial charge in [0.2, 0.25) is 0 Å². The third-order valence-corrected chi connectivity index (χ3v) is 6.55. The summed E-state index contributed by atoms with van der Waals surface area (Å²) in [5.41, 5.74) is -0.0953. The molecule has 0 heterocycles. The molecule has 0 bridgehead atoms. The fourth-order valence-corrected chi connectivity index (χ4v) is 4.40. The molecule has 2 aromatic rings. The van der Waals surface area contributed by atoms with Crippen molar-refractivity contribution in [3.8, 4) is 0 Å². The minimum Gasteiger partial charge on any atom is -0.481 e. The lowest BCUT2D eigenvalue weighted by molar-refractivity contribution is -0.139. The molecule has 1 aliphatic carbocycles. The van der Waals surface area contributed by atoms with Crippen molar-refractivity contribution in [2.45, 2.75) is 13.3 Å². The average Bonchev–Trinajstić information content (AvgIpc) is 2.69. The number of sulfonamides is 1. The maximum Gasteiger partial charge on any atom is 0.310 e. The molecule has 1 atom stereocenters. The van der Waals surface area contributed by atoms with E-state index >= 15 is 0 Å². The average molecular weight is 546 g/mol. The number of benzene rings is 2. The molecule has 0 aromatic heterocycles. The van der Waals surface area contributed by atoms with E-state index in [2.05, 4.69) is 10.0 Å². The van der Waals surface area contributed by atoms with Crippen LogP contribution in [0.2, 0.25) is 0 Å². The van der Waals surface area contributed by atoms with E-state index in [1.165, 1.54) is 49.4 Å². The highest BCUT2D eigenvalue weighted by Crippen LogP contribution is 2.34. The third-order valence-electron chi connectivity index (χ3n) is 4.46. The van der Waals surface area contributed by atoms with Crippen LogP contribution in [-0.4, -0.2) is 19.5 Å². The monoisotopic (exact) mass is 546 g/mol. The van der Waals surface area contributed by atoms with Crippen molar-refractivity contribution in [1.82, 2.24) is 0 Å². The Morgan fingerprint density at radius 2 is 1.90 bits per heavy atom. The topological polar surface area (TPSA) is 95.5 Å². The Morgan fingerprint density at radius 3 is 2.50 bits per heavy atom. The Hall–Kier alpha value is -2.47. The number of nitrogens with one attached hydrogen (secondary N) is 2. The van der Waals surface area contributed by atoms with E-state index in [4.69, 9.17) is 5.11 Å². The highest BCUT2D eigenvalue weighted by atomic mass is 127. The summed E-state index contributed by atoms with van der Waals surface area (Å²) in [5, 5.41) is 11.6. The van der Waals surface area contributed by atoms with Crippen LogP contribution in [0.3, 0.4) is 0 Å². The minimum absolute atomic E-state index is 0.0126. The van der Waals surface area contributed by atoms with Crippen LogP contribution >= 0.6 is 22.6 Å². The smallest absolute Gasteiger partial charge is 0.310 e. The minimum atomic E-state index is -4.12. The molecule has 0 aliphatic heterocycles. The first-order chi connectivity index (χ1) is 14.1. The molecule has 6 nitrogen and oxygen atoms in total. The normalized spacial score (nSPS) is 16.1. The maximum absolute atomic E-state index is 14.8. The molecule has 3 N–H and O–H groups in total. The van der Waals surface area contributed by atoms with E-state index in [1.807, 2.05) is 22.6 Å². The van der Waals surface area contributed by atoms with E-state index in [9.17, 15) is 22.0 Å². The molecule has 2 aromatic carbocycles. The number of hydrogen-bond acceptors (Lipinski definition) is 4. The number of rotatable bonds is 6. The molecule has 3 rings (SSSR count). The van der Waals surface area contributed by atoms with Gasteiger partial charge in [0.15, 0.2) is 5.82 Å². The molecular weight excluding hydrogens is 529 g/mol. The van der Waals surface area contributed by atoms with Crippen LogP contribution < -0.4 is 10.0 Å². The van der Waals surface area contributed by atoms with Gasteiger partial charge in [0, 0.05) is 3.57 Å². The van der Waals surface area contributed by atoms with E-state index in [1.54, 1.807) is 6.07 Å². The van der Waals surface area contributed by atoms with Crippen molar-refractivity contribution in [3.05, 3.63) is 74.2 Å². The Labute approximate surface area is 185 Å². The number of aliphatic carboxylic acids is 1. The fourth-order valence-electron chi connectivity index (χ4n) is 2.80. The first kappa shape index (κ1) is 22.2. The lowest BCUT2D eigenvalue weighted by Crippen LogP contribution is -2.19. The van der Waals surface area contributed by atoms with E-state index in [0.717, 1.165) is 0 Å². The van der Waals surface area contributed by atoms with Gasteiger partial charge in [-0.2, -0.15) is 0 Å². The van der Waals surface area contributed by atoms with Gasteiger partial charge in [-0.3, -0.25) is 9.52 Å². The van der Waals surface area contributed by atoms with Gasteiger partial charge in [0.05, 0.1) is 27.9 Å². The summed E-state index contributed by atoms with van der Waals surface area (Å²) in [6.07, 6.45) is 3.79. The number of carbonyl (C=O) groups is 1. The van der Waals surface area contributed by atoms with Gasteiger partial charge in [-0.15, -0.1) is 0 Å². The van der Waals surface area contributed by atoms with Crippen LogP contribution in [0.15, 0.2) is 53.5 Å². The molecule has 0 radical (unpaired) electrons. The summed E-state index contributed by atoms with van der Waals surface area (Å²) < 4.78 is 57.5. The first-order valence-electron chi connectivity index (χ1n) is 8.73. The summed E-state index contributed by atoms with van der Waals surface area (Å²) in [6, 6.07) is 7.08. The van der Waals surface area contributed by atoms with Crippen molar-refractivity contribution in [2.24, 2.45) is 5.92 Å². The van der Waals surface area contributed by atoms with Crippen LogP contribution in [-0.2, 0) is 14.8 Å². The zero-order valence-corrected chi connectivity index (χ0v) is 18.6. The van der Waals surface area contributed by atoms with Crippen molar-refractivity contribution in [3.63, 3.8) is 0 Å². The Balaban J connectivity index is 1.94. The molecular formula is C20H17F2IN2O4S. The predicted octanol–water partition coefficient (Wildman–Crippen LogP) is 4.91. The SMILES string of the molecule is Cc1ccc(NS(=O)(=O)C2=CCC(C(=O)O)C=C2)c(Nc2ccc(I)cc2F)c1F. The quantitative estimate of drug-likeness (QED) is 0.448. The molecule has 1 unspecified atom stereocenters. The van der Waals surface area contributed by atoms with Crippen LogP contribution in [0.1, 0.15) is 12.0 Å². The number of carboxylic acid groups (broad SMARTS) is 1. The lowest BCUT2D eigenvalue weighted by atomic mass is 10.0. The van der Waals surface area contributed by atoms with Gasteiger partial charge >= 0.3 is 5.97 Å². The van der Waals surface area contributed by atoms with Gasteiger partial charge in [-0.1, -0.05) is 18.2 Å². The molecule has 0 amide bonds. The van der Waals surface area contributed by atoms with Crippen molar-refractivity contribution < 1.29 is 27.1 Å².